The number of benzene rings is 1. The van der Waals surface area contributed by atoms with Crippen LogP contribution >= 0.6 is 23.2 Å². The van der Waals surface area contributed by atoms with Crippen molar-refractivity contribution in [2.45, 2.75) is 58.3 Å². The number of carbonyl (C=O) groups excluding carboxylic acids is 2. The summed E-state index contributed by atoms with van der Waals surface area (Å²) in [5, 5.41) is 2.55. The van der Waals surface area contributed by atoms with Crippen LogP contribution in [0.2, 0.25) is 10.0 Å². The van der Waals surface area contributed by atoms with E-state index in [0.29, 0.717) is 5.56 Å². The average Bonchev–Trinajstić information content (AvgIpc) is 2.43. The maximum Gasteiger partial charge on any atom is 0.410 e. The lowest BCUT2D eigenvalue weighted by atomic mass is 9.82. The highest BCUT2D eigenvalue weighted by molar-refractivity contribution is 6.42. The van der Waals surface area contributed by atoms with Crippen LogP contribution in [-0.4, -0.2) is 41.4 Å². The summed E-state index contributed by atoms with van der Waals surface area (Å²) in [4.78, 5) is 26.1. The second kappa shape index (κ2) is 7.59. The van der Waals surface area contributed by atoms with Crippen molar-refractivity contribution in [2.75, 3.05) is 13.1 Å². The molecule has 0 aliphatic carbocycles. The van der Waals surface area contributed by atoms with Crippen molar-refractivity contribution in [3.8, 4) is 0 Å². The molecule has 1 fully saturated rings. The maximum absolute atomic E-state index is 14.2. The van der Waals surface area contributed by atoms with Crippen molar-refractivity contribution < 1.29 is 23.5 Å². The third-order valence-corrected chi connectivity index (χ3v) is 4.63. The summed E-state index contributed by atoms with van der Waals surface area (Å²) >= 11 is 11.8. The van der Waals surface area contributed by atoms with E-state index in [4.69, 9.17) is 32.7 Å². The Morgan fingerprint density at radius 1 is 1.07 bits per heavy atom. The molecule has 156 valence electrons. The van der Waals surface area contributed by atoms with Crippen LogP contribution in [0.15, 0.2) is 12.1 Å². The first kappa shape index (κ1) is 22.6. The van der Waals surface area contributed by atoms with Crippen molar-refractivity contribution in [3.63, 3.8) is 0 Å². The Hall–Kier alpha value is -1.73. The number of nitrogens with zero attached hydrogens (tertiary/aromatic N) is 1. The van der Waals surface area contributed by atoms with Gasteiger partial charge in [-0.15, -0.1) is 0 Å². The molecule has 0 saturated carbocycles. The van der Waals surface area contributed by atoms with Gasteiger partial charge in [-0.05, 0) is 59.2 Å². The number of hydrogen-bond donors (Lipinski definition) is 1. The molecule has 0 unspecified atom stereocenters. The number of halogens is 3. The van der Waals surface area contributed by atoms with Crippen LogP contribution in [0.4, 0.5) is 14.0 Å². The molecule has 1 saturated heterocycles. The molecule has 0 atom stereocenters. The molecule has 0 bridgehead atoms. The topological polar surface area (TPSA) is 67.9 Å². The number of likely N-dealkylation sites (tertiary alicyclic amines) is 1. The van der Waals surface area contributed by atoms with Gasteiger partial charge in [0.25, 0.3) is 0 Å². The van der Waals surface area contributed by atoms with Gasteiger partial charge in [0, 0.05) is 0 Å². The molecule has 9 heteroatoms. The molecular formula is C19H25Cl2FN2O4. The monoisotopic (exact) mass is 434 g/mol. The van der Waals surface area contributed by atoms with Gasteiger partial charge in [-0.1, -0.05) is 23.2 Å². The van der Waals surface area contributed by atoms with Gasteiger partial charge in [0.05, 0.1) is 23.1 Å². The zero-order chi connectivity index (χ0) is 21.5. The van der Waals surface area contributed by atoms with Gasteiger partial charge in [0.1, 0.15) is 22.6 Å². The Morgan fingerprint density at radius 2 is 1.61 bits per heavy atom. The fraction of sp³-hybridized carbons (Fsp3) is 0.579. The van der Waals surface area contributed by atoms with Crippen LogP contribution in [0, 0.1) is 5.82 Å². The molecular weight excluding hydrogens is 410 g/mol. The van der Waals surface area contributed by atoms with E-state index in [1.54, 1.807) is 41.5 Å². The highest BCUT2D eigenvalue weighted by Crippen LogP contribution is 2.37. The first-order valence-electron chi connectivity index (χ1n) is 8.76. The summed E-state index contributed by atoms with van der Waals surface area (Å²) in [6, 6.07) is 2.66. The van der Waals surface area contributed by atoms with E-state index in [-0.39, 0.29) is 23.1 Å². The minimum absolute atomic E-state index is 0.0118. The van der Waals surface area contributed by atoms with Crippen molar-refractivity contribution in [3.05, 3.63) is 33.6 Å². The first-order chi connectivity index (χ1) is 12.6. The Morgan fingerprint density at radius 3 is 2.07 bits per heavy atom. The number of carbonyl (C=O) groups is 2. The zero-order valence-corrected chi connectivity index (χ0v) is 18.3. The van der Waals surface area contributed by atoms with E-state index in [1.807, 2.05) is 0 Å². The van der Waals surface area contributed by atoms with E-state index in [0.717, 1.165) is 0 Å². The Kier molecular flexibility index (Phi) is 6.12. The molecule has 1 aliphatic rings. The minimum atomic E-state index is -1.08. The van der Waals surface area contributed by atoms with Gasteiger partial charge in [-0.25, -0.2) is 14.0 Å². The summed E-state index contributed by atoms with van der Waals surface area (Å²) in [7, 11) is 0. The fourth-order valence-electron chi connectivity index (χ4n) is 2.73. The third kappa shape index (κ3) is 5.41. The molecule has 0 aromatic heterocycles. The normalized spacial score (nSPS) is 16.2. The molecule has 1 N–H and O–H groups in total. The number of ether oxygens (including phenoxy) is 2. The number of alkyl carbamates (subject to hydrolysis) is 1. The van der Waals surface area contributed by atoms with Crippen molar-refractivity contribution in [1.29, 1.82) is 0 Å². The predicted molar refractivity (Wildman–Crippen MR) is 105 cm³/mol. The first-order valence-corrected chi connectivity index (χ1v) is 9.52. The second-order valence-electron chi connectivity index (χ2n) is 8.80. The summed E-state index contributed by atoms with van der Waals surface area (Å²) in [6.45, 7) is 10.6. The van der Waals surface area contributed by atoms with E-state index >= 15 is 0 Å². The van der Waals surface area contributed by atoms with Crippen molar-refractivity contribution in [2.24, 2.45) is 0 Å². The molecule has 2 rings (SSSR count). The van der Waals surface area contributed by atoms with Gasteiger partial charge >= 0.3 is 12.2 Å². The van der Waals surface area contributed by atoms with Crippen LogP contribution in [0.5, 0.6) is 0 Å². The van der Waals surface area contributed by atoms with Crippen molar-refractivity contribution in [1.82, 2.24) is 10.2 Å². The Balaban J connectivity index is 2.29. The molecule has 1 aromatic rings. The molecule has 1 heterocycles. The van der Waals surface area contributed by atoms with Crippen LogP contribution < -0.4 is 5.32 Å². The van der Waals surface area contributed by atoms with E-state index in [9.17, 15) is 14.0 Å². The molecule has 0 radical (unpaired) electrons. The summed E-state index contributed by atoms with van der Waals surface area (Å²) in [5.41, 5.74) is -2.08. The second-order valence-corrected chi connectivity index (χ2v) is 9.58. The lowest BCUT2D eigenvalue weighted by Crippen LogP contribution is -2.69. The van der Waals surface area contributed by atoms with E-state index in [1.165, 1.54) is 17.0 Å². The number of nitrogens with one attached hydrogen (secondary N) is 1. The molecule has 0 spiro atoms. The van der Waals surface area contributed by atoms with E-state index < -0.39 is 34.7 Å². The highest BCUT2D eigenvalue weighted by Gasteiger charge is 2.50. The van der Waals surface area contributed by atoms with Crippen LogP contribution in [0.3, 0.4) is 0 Å². The van der Waals surface area contributed by atoms with Gasteiger partial charge in [-0.2, -0.15) is 0 Å². The zero-order valence-electron chi connectivity index (χ0n) is 16.8. The van der Waals surface area contributed by atoms with Gasteiger partial charge in [-0.3, -0.25) is 0 Å². The van der Waals surface area contributed by atoms with Crippen LogP contribution in [0.25, 0.3) is 0 Å². The van der Waals surface area contributed by atoms with Gasteiger partial charge < -0.3 is 19.7 Å². The van der Waals surface area contributed by atoms with Gasteiger partial charge in [0.15, 0.2) is 0 Å². The minimum Gasteiger partial charge on any atom is -0.444 e. The number of rotatable bonds is 2. The maximum atomic E-state index is 14.2. The average molecular weight is 435 g/mol. The molecule has 1 aliphatic heterocycles. The molecule has 2 amide bonds. The number of amides is 2. The molecule has 28 heavy (non-hydrogen) atoms. The quantitative estimate of drug-likeness (QED) is 0.657. The lowest BCUT2D eigenvalue weighted by molar-refractivity contribution is -0.0230. The SMILES string of the molecule is CC(C)(C)OC(=O)NC1(c2cc(F)c(Cl)c(Cl)c2)CN(C(=O)OC(C)(C)C)C1. The Labute approximate surface area is 174 Å². The molecule has 6 nitrogen and oxygen atoms in total. The fourth-order valence-corrected chi connectivity index (χ4v) is 3.04. The lowest BCUT2D eigenvalue weighted by Gasteiger charge is -2.50. The summed E-state index contributed by atoms with van der Waals surface area (Å²) < 4.78 is 24.8. The smallest absolute Gasteiger partial charge is 0.410 e. The molecule has 1 aromatic carbocycles. The third-order valence-electron chi connectivity index (χ3n) is 3.85. The number of hydrogen-bond acceptors (Lipinski definition) is 4. The standard InChI is InChI=1S/C19H25Cl2FN2O4/c1-17(2,3)27-15(25)23-19(11-7-12(20)14(21)13(22)8-11)9-24(10-19)16(26)28-18(4,5)6/h7-8H,9-10H2,1-6H3,(H,23,25). The predicted octanol–water partition coefficient (Wildman–Crippen LogP) is 5.10. The largest absolute Gasteiger partial charge is 0.444 e. The Bertz CT molecular complexity index is 758. The van der Waals surface area contributed by atoms with Gasteiger partial charge in [0.2, 0.25) is 0 Å². The van der Waals surface area contributed by atoms with E-state index in [2.05, 4.69) is 5.32 Å². The summed E-state index contributed by atoms with van der Waals surface area (Å²) in [5.74, 6) is -0.717. The summed E-state index contributed by atoms with van der Waals surface area (Å²) in [6.07, 6.45) is -1.22. The van der Waals surface area contributed by atoms with Crippen molar-refractivity contribution >= 4 is 35.4 Å². The van der Waals surface area contributed by atoms with Crippen LogP contribution in [0.1, 0.15) is 47.1 Å². The highest BCUT2D eigenvalue weighted by atomic mass is 35.5. The van der Waals surface area contributed by atoms with Crippen LogP contribution in [-0.2, 0) is 15.0 Å².